The minimum Gasteiger partial charge on any atom is -0.462 e. The summed E-state index contributed by atoms with van der Waals surface area (Å²) in [5.74, 6) is -0.370. The number of nitrogens with one attached hydrogen (secondary N) is 1. The van der Waals surface area contributed by atoms with Crippen molar-refractivity contribution < 1.29 is 9.53 Å². The van der Waals surface area contributed by atoms with Crippen LogP contribution >= 0.6 is 11.3 Å². The molecular weight excluding hydrogens is 262 g/mol. The summed E-state index contributed by atoms with van der Waals surface area (Å²) in [5, 5.41) is 3.89. The molecule has 2 aromatic rings. The van der Waals surface area contributed by atoms with E-state index in [0.29, 0.717) is 17.9 Å². The van der Waals surface area contributed by atoms with Gasteiger partial charge < -0.3 is 15.8 Å². The van der Waals surface area contributed by atoms with Crippen LogP contribution in [0.15, 0.2) is 24.4 Å². The molecule has 0 amide bonds. The summed E-state index contributed by atoms with van der Waals surface area (Å²) in [6.45, 7) is 4.09. The van der Waals surface area contributed by atoms with Crippen molar-refractivity contribution in [3.8, 4) is 0 Å². The van der Waals surface area contributed by atoms with Gasteiger partial charge in [-0.15, -0.1) is 11.3 Å². The van der Waals surface area contributed by atoms with E-state index in [0.717, 1.165) is 15.7 Å². The molecule has 0 aliphatic carbocycles. The topological polar surface area (TPSA) is 77.2 Å². The molecule has 3 N–H and O–H groups in total. The number of nitrogens with zero attached hydrogens (tertiary/aromatic N) is 1. The van der Waals surface area contributed by atoms with Gasteiger partial charge in [-0.3, -0.25) is 0 Å². The zero-order chi connectivity index (χ0) is 13.8. The average Bonchev–Trinajstić information content (AvgIpc) is 2.78. The van der Waals surface area contributed by atoms with Crippen LogP contribution < -0.4 is 11.1 Å². The number of ether oxygens (including phenoxy) is 1. The number of aryl methyl sites for hydroxylation is 1. The summed E-state index contributed by atoms with van der Waals surface area (Å²) in [6, 6.07) is 5.02. The Bertz CT molecular complexity index is 595. The van der Waals surface area contributed by atoms with Crippen LogP contribution in [0.1, 0.15) is 22.2 Å². The Kier molecular flexibility index (Phi) is 4.01. The maximum atomic E-state index is 11.6. The predicted octanol–water partition coefficient (Wildman–Crippen LogP) is 2.95. The van der Waals surface area contributed by atoms with Gasteiger partial charge in [-0.05, 0) is 32.0 Å². The van der Waals surface area contributed by atoms with Crippen molar-refractivity contribution in [2.45, 2.75) is 13.8 Å². The minimum absolute atomic E-state index is 0.344. The third kappa shape index (κ3) is 3.23. The van der Waals surface area contributed by atoms with E-state index in [2.05, 4.69) is 10.3 Å². The number of benzene rings is 1. The second-order valence-electron chi connectivity index (χ2n) is 3.92. The standard InChI is InChI=1S/C13H15N3O2S/c1-3-18-12(17)9-4-5-11(10(14)6-9)16-13-15-7-8(2)19-13/h4-7H,3,14H2,1-2H3,(H,15,16). The highest BCUT2D eigenvalue weighted by atomic mass is 32.1. The molecule has 1 heterocycles. The van der Waals surface area contributed by atoms with Crippen LogP contribution in [0.4, 0.5) is 16.5 Å². The fraction of sp³-hybridized carbons (Fsp3) is 0.231. The second kappa shape index (κ2) is 5.71. The number of carbonyl (C=O) groups excluding carboxylic acids is 1. The number of hydrogen-bond donors (Lipinski definition) is 2. The van der Waals surface area contributed by atoms with Crippen LogP contribution in [-0.2, 0) is 4.74 Å². The smallest absolute Gasteiger partial charge is 0.338 e. The first kappa shape index (κ1) is 13.4. The van der Waals surface area contributed by atoms with Crippen molar-refractivity contribution in [2.75, 3.05) is 17.7 Å². The molecule has 0 bridgehead atoms. The second-order valence-corrected chi connectivity index (χ2v) is 5.16. The van der Waals surface area contributed by atoms with Crippen molar-refractivity contribution in [1.29, 1.82) is 0 Å². The molecule has 0 spiro atoms. The number of nitrogen functional groups attached to an aromatic ring is 1. The van der Waals surface area contributed by atoms with Gasteiger partial charge in [0.15, 0.2) is 5.13 Å². The Labute approximate surface area is 115 Å². The van der Waals surface area contributed by atoms with Crippen LogP contribution in [0.2, 0.25) is 0 Å². The molecule has 0 aliphatic rings. The quantitative estimate of drug-likeness (QED) is 0.663. The molecule has 100 valence electrons. The van der Waals surface area contributed by atoms with Gasteiger partial charge in [-0.25, -0.2) is 9.78 Å². The fourth-order valence-corrected chi connectivity index (χ4v) is 2.22. The van der Waals surface area contributed by atoms with Crippen LogP contribution in [0.3, 0.4) is 0 Å². The Morgan fingerprint density at radius 1 is 1.53 bits per heavy atom. The van der Waals surface area contributed by atoms with Gasteiger partial charge >= 0.3 is 5.97 Å². The fourth-order valence-electron chi connectivity index (χ4n) is 1.55. The molecule has 6 heteroatoms. The van der Waals surface area contributed by atoms with Gasteiger partial charge in [0.25, 0.3) is 0 Å². The normalized spacial score (nSPS) is 10.2. The molecule has 0 aliphatic heterocycles. The van der Waals surface area contributed by atoms with E-state index in [9.17, 15) is 4.79 Å². The number of anilines is 3. The number of esters is 1. The van der Waals surface area contributed by atoms with E-state index in [4.69, 9.17) is 10.5 Å². The maximum absolute atomic E-state index is 11.6. The monoisotopic (exact) mass is 277 g/mol. The van der Waals surface area contributed by atoms with Gasteiger partial charge in [0.05, 0.1) is 23.5 Å². The summed E-state index contributed by atoms with van der Waals surface area (Å²) in [7, 11) is 0. The molecule has 0 saturated heterocycles. The zero-order valence-corrected chi connectivity index (χ0v) is 11.6. The number of carbonyl (C=O) groups is 1. The average molecular weight is 277 g/mol. The lowest BCUT2D eigenvalue weighted by Gasteiger charge is -2.08. The molecule has 0 fully saturated rings. The third-order valence-corrected chi connectivity index (χ3v) is 3.25. The van der Waals surface area contributed by atoms with Gasteiger partial charge in [0, 0.05) is 11.1 Å². The molecule has 2 rings (SSSR count). The predicted molar refractivity (Wildman–Crippen MR) is 76.9 cm³/mol. The minimum atomic E-state index is -0.370. The summed E-state index contributed by atoms with van der Waals surface area (Å²) in [5.41, 5.74) is 7.57. The lowest BCUT2D eigenvalue weighted by Crippen LogP contribution is -2.06. The molecule has 0 saturated carbocycles. The number of nitrogens with two attached hydrogens (primary N) is 1. The van der Waals surface area contributed by atoms with Crippen LogP contribution in [0, 0.1) is 6.92 Å². The van der Waals surface area contributed by atoms with Gasteiger partial charge in [-0.1, -0.05) is 0 Å². The number of thiazole rings is 1. The third-order valence-electron chi connectivity index (χ3n) is 2.43. The first-order valence-corrected chi connectivity index (χ1v) is 6.68. The highest BCUT2D eigenvalue weighted by Crippen LogP contribution is 2.26. The first-order chi connectivity index (χ1) is 9.10. The molecule has 0 atom stereocenters. The molecule has 0 radical (unpaired) electrons. The molecule has 19 heavy (non-hydrogen) atoms. The SMILES string of the molecule is CCOC(=O)c1ccc(Nc2ncc(C)s2)c(N)c1. The van der Waals surface area contributed by atoms with Gasteiger partial charge in [0.2, 0.25) is 0 Å². The Morgan fingerprint density at radius 2 is 2.32 bits per heavy atom. The first-order valence-electron chi connectivity index (χ1n) is 5.86. The Hall–Kier alpha value is -2.08. The van der Waals surface area contributed by atoms with E-state index in [1.54, 1.807) is 42.7 Å². The van der Waals surface area contributed by atoms with E-state index >= 15 is 0 Å². The van der Waals surface area contributed by atoms with Gasteiger partial charge in [0.1, 0.15) is 0 Å². The molecule has 0 unspecified atom stereocenters. The Morgan fingerprint density at radius 3 is 2.89 bits per heavy atom. The summed E-state index contributed by atoms with van der Waals surface area (Å²) >= 11 is 1.54. The summed E-state index contributed by atoms with van der Waals surface area (Å²) < 4.78 is 4.92. The van der Waals surface area contributed by atoms with Crippen molar-refractivity contribution in [3.63, 3.8) is 0 Å². The lowest BCUT2D eigenvalue weighted by atomic mass is 10.2. The van der Waals surface area contributed by atoms with Crippen LogP contribution in [-0.4, -0.2) is 17.6 Å². The van der Waals surface area contributed by atoms with Crippen molar-refractivity contribution in [3.05, 3.63) is 34.8 Å². The molecular formula is C13H15N3O2S. The largest absolute Gasteiger partial charge is 0.462 e. The number of rotatable bonds is 4. The van der Waals surface area contributed by atoms with Crippen molar-refractivity contribution >= 4 is 33.8 Å². The number of aromatic nitrogens is 1. The zero-order valence-electron chi connectivity index (χ0n) is 10.8. The van der Waals surface area contributed by atoms with Gasteiger partial charge in [-0.2, -0.15) is 0 Å². The molecule has 1 aromatic heterocycles. The van der Waals surface area contributed by atoms with Crippen LogP contribution in [0.25, 0.3) is 0 Å². The van der Waals surface area contributed by atoms with Crippen LogP contribution in [0.5, 0.6) is 0 Å². The van der Waals surface area contributed by atoms with Crippen molar-refractivity contribution in [2.24, 2.45) is 0 Å². The van der Waals surface area contributed by atoms with E-state index < -0.39 is 0 Å². The Balaban J connectivity index is 2.17. The van der Waals surface area contributed by atoms with E-state index in [1.165, 1.54) is 0 Å². The van der Waals surface area contributed by atoms with E-state index in [-0.39, 0.29) is 5.97 Å². The summed E-state index contributed by atoms with van der Waals surface area (Å²) in [6.07, 6.45) is 1.79. The highest BCUT2D eigenvalue weighted by Gasteiger charge is 2.09. The molecule has 1 aromatic carbocycles. The highest BCUT2D eigenvalue weighted by molar-refractivity contribution is 7.15. The lowest BCUT2D eigenvalue weighted by molar-refractivity contribution is 0.0526. The maximum Gasteiger partial charge on any atom is 0.338 e. The number of hydrogen-bond acceptors (Lipinski definition) is 6. The summed E-state index contributed by atoms with van der Waals surface area (Å²) in [4.78, 5) is 16.9. The molecule has 5 nitrogen and oxygen atoms in total. The van der Waals surface area contributed by atoms with Crippen molar-refractivity contribution in [1.82, 2.24) is 4.98 Å². The van der Waals surface area contributed by atoms with E-state index in [1.807, 2.05) is 6.92 Å².